The van der Waals surface area contributed by atoms with E-state index in [1.807, 2.05) is 65.6 Å². The molecule has 4 rings (SSSR count). The molecule has 2 N–H and O–H groups in total. The number of anilines is 1. The highest BCUT2D eigenvalue weighted by atomic mass is 16.5. The first kappa shape index (κ1) is 20.7. The average Bonchev–Trinajstić information content (AvgIpc) is 2.78. The van der Waals surface area contributed by atoms with Crippen LogP contribution in [0.3, 0.4) is 0 Å². The van der Waals surface area contributed by atoms with Gasteiger partial charge in [0.1, 0.15) is 0 Å². The lowest BCUT2D eigenvalue weighted by atomic mass is 9.96. The number of rotatable bonds is 8. The van der Waals surface area contributed by atoms with E-state index < -0.39 is 0 Å². The Hall–Kier alpha value is -3.54. The summed E-state index contributed by atoms with van der Waals surface area (Å²) in [6.45, 7) is 0.699. The SMILES string of the molecule is COc1ccc(N=C(N)N(CCc2ccncc2)c2ccccc2)cc1OC1CCC1. The van der Waals surface area contributed by atoms with Crippen molar-refractivity contribution in [3.8, 4) is 11.5 Å². The smallest absolute Gasteiger partial charge is 0.201 e. The normalized spacial score (nSPS) is 14.0. The highest BCUT2D eigenvalue weighted by molar-refractivity contribution is 5.96. The van der Waals surface area contributed by atoms with Crippen LogP contribution in [0.15, 0.2) is 78.0 Å². The maximum absolute atomic E-state index is 6.50. The zero-order chi connectivity index (χ0) is 21.5. The van der Waals surface area contributed by atoms with Crippen LogP contribution in [-0.2, 0) is 6.42 Å². The molecule has 1 saturated carbocycles. The maximum Gasteiger partial charge on any atom is 0.201 e. The molecule has 0 radical (unpaired) electrons. The lowest BCUT2D eigenvalue weighted by Gasteiger charge is -2.27. The van der Waals surface area contributed by atoms with E-state index in [9.17, 15) is 0 Å². The standard InChI is InChI=1S/C25H28N4O2/c1-30-23-11-10-20(18-24(23)31-22-8-5-9-22)28-25(26)29(21-6-3-2-4-7-21)17-14-19-12-15-27-16-13-19/h2-4,6-7,10-13,15-16,18,22H,5,8-9,14,17H2,1H3,(H2,26,28). The van der Waals surface area contributed by atoms with Crippen molar-refractivity contribution < 1.29 is 9.47 Å². The second-order valence-corrected chi connectivity index (χ2v) is 7.57. The number of para-hydroxylation sites is 1. The number of ether oxygens (including phenoxy) is 2. The van der Waals surface area contributed by atoms with E-state index in [1.54, 1.807) is 19.5 Å². The first-order valence-electron chi connectivity index (χ1n) is 10.6. The van der Waals surface area contributed by atoms with E-state index in [-0.39, 0.29) is 6.10 Å². The van der Waals surface area contributed by atoms with Crippen LogP contribution in [-0.4, -0.2) is 30.7 Å². The number of hydrogen-bond acceptors (Lipinski definition) is 4. The summed E-state index contributed by atoms with van der Waals surface area (Å²) in [5, 5.41) is 0. The highest BCUT2D eigenvalue weighted by Crippen LogP contribution is 2.35. The summed E-state index contributed by atoms with van der Waals surface area (Å²) in [4.78, 5) is 10.8. The van der Waals surface area contributed by atoms with Crippen LogP contribution in [0, 0.1) is 0 Å². The monoisotopic (exact) mass is 416 g/mol. The van der Waals surface area contributed by atoms with Crippen LogP contribution < -0.4 is 20.1 Å². The van der Waals surface area contributed by atoms with E-state index in [0.29, 0.717) is 24.0 Å². The number of aliphatic imine (C=N–C) groups is 1. The van der Waals surface area contributed by atoms with Gasteiger partial charge in [-0.05, 0) is 67.6 Å². The second-order valence-electron chi connectivity index (χ2n) is 7.57. The number of nitrogens with two attached hydrogens (primary N) is 1. The van der Waals surface area contributed by atoms with Gasteiger partial charge in [0.2, 0.25) is 5.96 Å². The lowest BCUT2D eigenvalue weighted by Crippen LogP contribution is -2.38. The molecule has 6 heteroatoms. The summed E-state index contributed by atoms with van der Waals surface area (Å²) in [7, 11) is 1.65. The predicted molar refractivity (Wildman–Crippen MR) is 124 cm³/mol. The van der Waals surface area contributed by atoms with Gasteiger partial charge < -0.3 is 20.1 Å². The van der Waals surface area contributed by atoms with Crippen molar-refractivity contribution in [3.05, 3.63) is 78.6 Å². The molecule has 2 aromatic carbocycles. The Bertz CT molecular complexity index is 1000. The number of benzene rings is 2. The molecule has 0 spiro atoms. The Morgan fingerprint density at radius 1 is 1.06 bits per heavy atom. The van der Waals surface area contributed by atoms with Gasteiger partial charge in [-0.1, -0.05) is 18.2 Å². The number of hydrogen-bond donors (Lipinski definition) is 1. The minimum absolute atomic E-state index is 0.256. The highest BCUT2D eigenvalue weighted by Gasteiger charge is 2.21. The van der Waals surface area contributed by atoms with Gasteiger partial charge in [0.15, 0.2) is 11.5 Å². The molecule has 3 aromatic rings. The van der Waals surface area contributed by atoms with E-state index >= 15 is 0 Å². The number of methoxy groups -OCH3 is 1. The van der Waals surface area contributed by atoms with Crippen molar-refractivity contribution in [3.63, 3.8) is 0 Å². The Labute approximate surface area is 183 Å². The third-order valence-electron chi connectivity index (χ3n) is 5.45. The molecule has 6 nitrogen and oxygen atoms in total. The van der Waals surface area contributed by atoms with Crippen molar-refractivity contribution in [2.45, 2.75) is 31.8 Å². The second kappa shape index (κ2) is 9.98. The molecule has 0 atom stereocenters. The molecule has 0 saturated heterocycles. The third kappa shape index (κ3) is 5.34. The fourth-order valence-electron chi connectivity index (χ4n) is 3.46. The van der Waals surface area contributed by atoms with Crippen LogP contribution in [0.2, 0.25) is 0 Å². The molecule has 1 aliphatic carbocycles. The van der Waals surface area contributed by atoms with Gasteiger partial charge in [-0.2, -0.15) is 0 Å². The average molecular weight is 417 g/mol. The quantitative estimate of drug-likeness (QED) is 0.425. The van der Waals surface area contributed by atoms with Gasteiger partial charge in [0, 0.05) is 30.7 Å². The van der Waals surface area contributed by atoms with Gasteiger partial charge in [-0.15, -0.1) is 0 Å². The zero-order valence-electron chi connectivity index (χ0n) is 17.8. The molecular weight excluding hydrogens is 388 g/mol. The molecule has 1 aliphatic rings. The number of guanidine groups is 1. The van der Waals surface area contributed by atoms with Crippen molar-refractivity contribution in [1.29, 1.82) is 0 Å². The maximum atomic E-state index is 6.50. The fourth-order valence-corrected chi connectivity index (χ4v) is 3.46. The van der Waals surface area contributed by atoms with E-state index in [2.05, 4.69) is 4.98 Å². The molecular formula is C25H28N4O2. The van der Waals surface area contributed by atoms with E-state index in [0.717, 1.165) is 30.6 Å². The van der Waals surface area contributed by atoms with Crippen LogP contribution in [0.5, 0.6) is 11.5 Å². The fraction of sp³-hybridized carbons (Fsp3) is 0.280. The van der Waals surface area contributed by atoms with Gasteiger partial charge in [-0.3, -0.25) is 4.98 Å². The number of nitrogens with zero attached hydrogens (tertiary/aromatic N) is 3. The molecule has 0 bridgehead atoms. The summed E-state index contributed by atoms with van der Waals surface area (Å²) < 4.78 is 11.5. The number of aromatic nitrogens is 1. The molecule has 0 unspecified atom stereocenters. The van der Waals surface area contributed by atoms with Gasteiger partial charge in [-0.25, -0.2) is 4.99 Å². The van der Waals surface area contributed by atoms with Gasteiger partial charge in [0.25, 0.3) is 0 Å². The Kier molecular flexibility index (Phi) is 6.67. The summed E-state index contributed by atoms with van der Waals surface area (Å²) in [6, 6.07) is 19.8. The molecule has 160 valence electrons. The molecule has 1 fully saturated rings. The van der Waals surface area contributed by atoms with Gasteiger partial charge in [0.05, 0.1) is 18.9 Å². The summed E-state index contributed by atoms with van der Waals surface area (Å²) in [5.74, 6) is 1.85. The van der Waals surface area contributed by atoms with Crippen molar-refractivity contribution >= 4 is 17.3 Å². The third-order valence-corrected chi connectivity index (χ3v) is 5.45. The van der Waals surface area contributed by atoms with E-state index in [1.165, 1.54) is 12.0 Å². The lowest BCUT2D eigenvalue weighted by molar-refractivity contribution is 0.116. The molecule has 1 heterocycles. The van der Waals surface area contributed by atoms with Gasteiger partial charge >= 0.3 is 0 Å². The minimum atomic E-state index is 0.256. The minimum Gasteiger partial charge on any atom is -0.493 e. The first-order chi connectivity index (χ1) is 15.2. The largest absolute Gasteiger partial charge is 0.493 e. The predicted octanol–water partition coefficient (Wildman–Crippen LogP) is 4.72. The molecule has 31 heavy (non-hydrogen) atoms. The van der Waals surface area contributed by atoms with Crippen molar-refractivity contribution in [2.75, 3.05) is 18.6 Å². The molecule has 0 amide bonds. The number of pyridine rings is 1. The first-order valence-corrected chi connectivity index (χ1v) is 10.6. The Morgan fingerprint density at radius 2 is 1.84 bits per heavy atom. The molecule has 1 aromatic heterocycles. The van der Waals surface area contributed by atoms with Crippen molar-refractivity contribution in [2.24, 2.45) is 10.7 Å². The summed E-state index contributed by atoms with van der Waals surface area (Å²) in [6.07, 6.45) is 8.06. The van der Waals surface area contributed by atoms with Crippen molar-refractivity contribution in [1.82, 2.24) is 4.98 Å². The topological polar surface area (TPSA) is 73.0 Å². The van der Waals surface area contributed by atoms with Crippen LogP contribution in [0.25, 0.3) is 0 Å². The van der Waals surface area contributed by atoms with Crippen LogP contribution >= 0.6 is 0 Å². The van der Waals surface area contributed by atoms with Crippen LogP contribution in [0.1, 0.15) is 24.8 Å². The summed E-state index contributed by atoms with van der Waals surface area (Å²) >= 11 is 0. The van der Waals surface area contributed by atoms with Crippen LogP contribution in [0.4, 0.5) is 11.4 Å². The Balaban J connectivity index is 1.58. The zero-order valence-corrected chi connectivity index (χ0v) is 17.8. The summed E-state index contributed by atoms with van der Waals surface area (Å²) in [5.41, 5.74) is 9.43. The Morgan fingerprint density at radius 3 is 2.52 bits per heavy atom. The molecule has 0 aliphatic heterocycles. The van der Waals surface area contributed by atoms with E-state index in [4.69, 9.17) is 20.2 Å².